The minimum absolute atomic E-state index is 0.604. The van der Waals surface area contributed by atoms with Crippen molar-refractivity contribution in [1.29, 1.82) is 0 Å². The quantitative estimate of drug-likeness (QED) is 0.765. The van der Waals surface area contributed by atoms with Crippen LogP contribution in [0.4, 0.5) is 0 Å². The number of imidazole rings is 1. The van der Waals surface area contributed by atoms with E-state index in [0.29, 0.717) is 0 Å². The van der Waals surface area contributed by atoms with Crippen molar-refractivity contribution in [2.75, 3.05) is 0 Å². The van der Waals surface area contributed by atoms with Gasteiger partial charge < -0.3 is 9.51 Å². The predicted octanol–water partition coefficient (Wildman–Crippen LogP) is 4.32. The second kappa shape index (κ2) is 5.17. The van der Waals surface area contributed by atoms with Crippen molar-refractivity contribution in [2.24, 2.45) is 0 Å². The standard InChI is InChI=1S/C17H17ClN2O/c1-10-4-7-15-19-16(17(12(3)21)20(15)9-10)13-5-6-14(18)11(2)8-13/h4-9,12,21H,1-3H3. The van der Waals surface area contributed by atoms with Crippen molar-refractivity contribution in [3.8, 4) is 11.3 Å². The van der Waals surface area contributed by atoms with Crippen LogP contribution in [0, 0.1) is 13.8 Å². The molecular formula is C17H17ClN2O. The molecule has 0 amide bonds. The van der Waals surface area contributed by atoms with Crippen molar-refractivity contribution in [3.63, 3.8) is 0 Å². The molecule has 0 aliphatic heterocycles. The van der Waals surface area contributed by atoms with Gasteiger partial charge in [0.05, 0.1) is 17.5 Å². The first-order valence-electron chi connectivity index (χ1n) is 6.90. The van der Waals surface area contributed by atoms with Gasteiger partial charge in [-0.15, -0.1) is 0 Å². The van der Waals surface area contributed by atoms with Gasteiger partial charge in [0.15, 0.2) is 0 Å². The average Bonchev–Trinajstić information content (AvgIpc) is 2.80. The summed E-state index contributed by atoms with van der Waals surface area (Å²) in [5, 5.41) is 10.9. The molecule has 0 aliphatic carbocycles. The number of aliphatic hydroxyl groups excluding tert-OH is 1. The Labute approximate surface area is 128 Å². The molecule has 0 aliphatic rings. The Morgan fingerprint density at radius 1 is 1.19 bits per heavy atom. The third-order valence-corrected chi connectivity index (χ3v) is 4.05. The summed E-state index contributed by atoms with van der Waals surface area (Å²) in [6, 6.07) is 9.80. The van der Waals surface area contributed by atoms with Gasteiger partial charge in [-0.3, -0.25) is 0 Å². The highest BCUT2D eigenvalue weighted by molar-refractivity contribution is 6.31. The normalized spacial score (nSPS) is 12.8. The Morgan fingerprint density at radius 3 is 2.62 bits per heavy atom. The summed E-state index contributed by atoms with van der Waals surface area (Å²) >= 11 is 6.09. The third kappa shape index (κ3) is 2.43. The molecule has 0 radical (unpaired) electrons. The lowest BCUT2D eigenvalue weighted by atomic mass is 10.1. The minimum Gasteiger partial charge on any atom is -0.387 e. The average molecular weight is 301 g/mol. The van der Waals surface area contributed by atoms with Gasteiger partial charge in [-0.05, 0) is 50.1 Å². The van der Waals surface area contributed by atoms with Crippen molar-refractivity contribution < 1.29 is 5.11 Å². The molecule has 4 heteroatoms. The molecule has 1 unspecified atom stereocenters. The third-order valence-electron chi connectivity index (χ3n) is 3.63. The van der Waals surface area contributed by atoms with Gasteiger partial charge in [0.1, 0.15) is 5.65 Å². The number of pyridine rings is 1. The van der Waals surface area contributed by atoms with Crippen LogP contribution < -0.4 is 0 Å². The highest BCUT2D eigenvalue weighted by Gasteiger charge is 2.18. The number of hydrogen-bond acceptors (Lipinski definition) is 2. The number of benzene rings is 1. The van der Waals surface area contributed by atoms with E-state index in [1.165, 1.54) is 0 Å². The number of hydrogen-bond donors (Lipinski definition) is 1. The second-order valence-corrected chi connectivity index (χ2v) is 5.83. The van der Waals surface area contributed by atoms with E-state index in [1.54, 1.807) is 6.92 Å². The van der Waals surface area contributed by atoms with Crippen molar-refractivity contribution >= 4 is 17.2 Å². The molecule has 0 saturated carbocycles. The van der Waals surface area contributed by atoms with E-state index in [0.717, 1.165) is 38.7 Å². The number of aromatic nitrogens is 2. The first-order valence-corrected chi connectivity index (χ1v) is 7.28. The number of aryl methyl sites for hydroxylation is 2. The monoisotopic (exact) mass is 300 g/mol. The summed E-state index contributed by atoms with van der Waals surface area (Å²) in [6.45, 7) is 5.75. The van der Waals surface area contributed by atoms with Crippen LogP contribution >= 0.6 is 11.6 Å². The topological polar surface area (TPSA) is 37.5 Å². The van der Waals surface area contributed by atoms with Crippen LogP contribution in [0.25, 0.3) is 16.9 Å². The van der Waals surface area contributed by atoms with Gasteiger partial charge in [0.25, 0.3) is 0 Å². The maximum Gasteiger partial charge on any atom is 0.137 e. The van der Waals surface area contributed by atoms with Crippen LogP contribution in [-0.4, -0.2) is 14.5 Å². The Kier molecular flexibility index (Phi) is 3.47. The molecule has 0 fully saturated rings. The summed E-state index contributed by atoms with van der Waals surface area (Å²) in [7, 11) is 0. The van der Waals surface area contributed by atoms with Crippen LogP contribution in [-0.2, 0) is 0 Å². The van der Waals surface area contributed by atoms with Crippen LogP contribution in [0.5, 0.6) is 0 Å². The minimum atomic E-state index is -0.604. The zero-order valence-electron chi connectivity index (χ0n) is 12.3. The molecule has 1 aromatic carbocycles. The summed E-state index contributed by atoms with van der Waals surface area (Å²) < 4.78 is 1.96. The van der Waals surface area contributed by atoms with E-state index in [2.05, 4.69) is 4.98 Å². The summed E-state index contributed by atoms with van der Waals surface area (Å²) in [6.07, 6.45) is 1.39. The molecule has 21 heavy (non-hydrogen) atoms. The van der Waals surface area contributed by atoms with Crippen LogP contribution in [0.1, 0.15) is 29.8 Å². The summed E-state index contributed by atoms with van der Waals surface area (Å²) in [4.78, 5) is 4.68. The van der Waals surface area contributed by atoms with Crippen LogP contribution in [0.3, 0.4) is 0 Å². The Hall–Kier alpha value is -1.84. The van der Waals surface area contributed by atoms with Crippen LogP contribution in [0.15, 0.2) is 36.5 Å². The zero-order chi connectivity index (χ0) is 15.1. The first kappa shape index (κ1) is 14.1. The number of fused-ring (bicyclic) bond motifs is 1. The maximum atomic E-state index is 10.2. The lowest BCUT2D eigenvalue weighted by Crippen LogP contribution is -2.00. The lowest BCUT2D eigenvalue weighted by molar-refractivity contribution is 0.194. The van der Waals surface area contributed by atoms with E-state index < -0.39 is 6.10 Å². The van der Waals surface area contributed by atoms with Crippen molar-refractivity contribution in [2.45, 2.75) is 26.9 Å². The Bertz CT molecular complexity index is 821. The molecule has 2 heterocycles. The lowest BCUT2D eigenvalue weighted by Gasteiger charge is -2.09. The predicted molar refractivity (Wildman–Crippen MR) is 85.7 cm³/mol. The van der Waals surface area contributed by atoms with Gasteiger partial charge in [-0.25, -0.2) is 4.98 Å². The Morgan fingerprint density at radius 2 is 1.95 bits per heavy atom. The second-order valence-electron chi connectivity index (χ2n) is 5.42. The SMILES string of the molecule is Cc1ccc2nc(-c3ccc(Cl)c(C)c3)c(C(C)O)n2c1. The molecule has 108 valence electrons. The molecule has 0 spiro atoms. The molecule has 2 aromatic heterocycles. The molecule has 3 aromatic rings. The smallest absolute Gasteiger partial charge is 0.137 e. The largest absolute Gasteiger partial charge is 0.387 e. The molecule has 3 rings (SSSR count). The fourth-order valence-electron chi connectivity index (χ4n) is 2.57. The molecular weight excluding hydrogens is 284 g/mol. The summed E-state index contributed by atoms with van der Waals surface area (Å²) in [5.74, 6) is 0. The highest BCUT2D eigenvalue weighted by Crippen LogP contribution is 2.31. The van der Waals surface area contributed by atoms with Crippen molar-refractivity contribution in [1.82, 2.24) is 9.38 Å². The van der Waals surface area contributed by atoms with Gasteiger partial charge in [-0.2, -0.15) is 0 Å². The van der Waals surface area contributed by atoms with E-state index in [4.69, 9.17) is 11.6 Å². The highest BCUT2D eigenvalue weighted by atomic mass is 35.5. The van der Waals surface area contributed by atoms with Gasteiger partial charge in [-0.1, -0.05) is 23.7 Å². The van der Waals surface area contributed by atoms with E-state index in [1.807, 2.05) is 54.8 Å². The molecule has 1 atom stereocenters. The number of nitrogens with zero attached hydrogens (tertiary/aromatic N) is 2. The fourth-order valence-corrected chi connectivity index (χ4v) is 2.69. The number of halogens is 1. The number of rotatable bonds is 2. The molecule has 0 bridgehead atoms. The van der Waals surface area contributed by atoms with Gasteiger partial charge >= 0.3 is 0 Å². The molecule has 1 N–H and O–H groups in total. The summed E-state index contributed by atoms with van der Waals surface area (Å²) in [5.41, 5.74) is 5.53. The van der Waals surface area contributed by atoms with Crippen molar-refractivity contribution in [3.05, 3.63) is 58.4 Å². The first-order chi connectivity index (χ1) is 9.97. The van der Waals surface area contributed by atoms with Gasteiger partial charge in [0, 0.05) is 16.8 Å². The van der Waals surface area contributed by atoms with Gasteiger partial charge in [0.2, 0.25) is 0 Å². The molecule has 0 saturated heterocycles. The van der Waals surface area contributed by atoms with E-state index in [9.17, 15) is 5.11 Å². The van der Waals surface area contributed by atoms with E-state index in [-0.39, 0.29) is 0 Å². The zero-order valence-corrected chi connectivity index (χ0v) is 13.0. The Balaban J connectivity index is 2.30. The fraction of sp³-hybridized carbons (Fsp3) is 0.235. The van der Waals surface area contributed by atoms with E-state index >= 15 is 0 Å². The van der Waals surface area contributed by atoms with Crippen LogP contribution in [0.2, 0.25) is 5.02 Å². The number of aliphatic hydroxyl groups is 1. The maximum absolute atomic E-state index is 10.2. The molecule has 3 nitrogen and oxygen atoms in total.